The fourth-order valence-corrected chi connectivity index (χ4v) is 7.05. The first-order chi connectivity index (χ1) is 11.4. The Bertz CT molecular complexity index is 1010. The third-order valence-corrected chi connectivity index (χ3v) is 7.71. The van der Waals surface area contributed by atoms with E-state index in [9.17, 15) is 0 Å². The second-order valence-corrected chi connectivity index (χ2v) is 8.23. The average molecular weight is 349 g/mol. The first-order valence-corrected chi connectivity index (χ1v) is 10.0. The van der Waals surface area contributed by atoms with E-state index < -0.39 is 0 Å². The molecule has 0 fully saturated rings. The Kier molecular flexibility index (Phi) is 3.11. The highest BCUT2D eigenvalue weighted by Gasteiger charge is 2.17. The van der Waals surface area contributed by atoms with E-state index in [4.69, 9.17) is 0 Å². The molecule has 0 radical (unpaired) electrons. The fourth-order valence-electron chi connectivity index (χ4n) is 2.95. The quantitative estimate of drug-likeness (QED) is 0.309. The van der Waals surface area contributed by atoms with Crippen molar-refractivity contribution in [1.82, 2.24) is 0 Å². The molecule has 0 aliphatic heterocycles. The van der Waals surface area contributed by atoms with E-state index in [1.165, 1.54) is 41.1 Å². The van der Waals surface area contributed by atoms with Crippen molar-refractivity contribution in [2.75, 3.05) is 0 Å². The highest BCUT2D eigenvalue weighted by atomic mass is 32.1. The van der Waals surface area contributed by atoms with Gasteiger partial charge in [-0.2, -0.15) is 0 Å². The molecule has 0 saturated heterocycles. The molecule has 0 spiro atoms. The maximum Gasteiger partial charge on any atom is 0.0636 e. The maximum absolute atomic E-state index is 2.30. The smallest absolute Gasteiger partial charge is 0.0636 e. The number of benzene rings is 2. The first-order valence-electron chi connectivity index (χ1n) is 7.44. The molecule has 2 aromatic carbocycles. The summed E-state index contributed by atoms with van der Waals surface area (Å²) < 4.78 is 5.74. The molecule has 110 valence electrons. The molecule has 0 saturated carbocycles. The molecule has 0 unspecified atom stereocenters. The van der Waals surface area contributed by atoms with E-state index in [0.29, 0.717) is 0 Å². The van der Waals surface area contributed by atoms with Crippen molar-refractivity contribution in [2.45, 2.75) is 0 Å². The van der Waals surface area contributed by atoms with Gasteiger partial charge in [-0.3, -0.25) is 0 Å². The summed E-state index contributed by atoms with van der Waals surface area (Å²) in [5.74, 6) is 0. The van der Waals surface area contributed by atoms with Crippen LogP contribution in [0.15, 0.2) is 71.4 Å². The lowest BCUT2D eigenvalue weighted by molar-refractivity contribution is 1.70. The Morgan fingerprint density at radius 2 is 0.913 bits per heavy atom. The SMILES string of the molecule is c1ccc(-c2csc3c2sc2c(-c4ccccc4)csc23)cc1. The standard InChI is InChI=1S/C20H12S3/c1-3-7-13(8-4-1)15-11-21-19-17(15)23-18-16(12-22-20(18)19)14-9-5-2-6-10-14/h1-12H. The van der Waals surface area contributed by atoms with Gasteiger partial charge >= 0.3 is 0 Å². The van der Waals surface area contributed by atoms with Crippen LogP contribution in [0.2, 0.25) is 0 Å². The van der Waals surface area contributed by atoms with Gasteiger partial charge in [0.1, 0.15) is 0 Å². The zero-order valence-electron chi connectivity index (χ0n) is 12.2. The summed E-state index contributed by atoms with van der Waals surface area (Å²) >= 11 is 5.69. The minimum absolute atomic E-state index is 1.31. The second-order valence-electron chi connectivity index (χ2n) is 5.45. The lowest BCUT2D eigenvalue weighted by Crippen LogP contribution is -1.71. The van der Waals surface area contributed by atoms with E-state index in [1.807, 2.05) is 34.0 Å². The van der Waals surface area contributed by atoms with Gasteiger partial charge in [0, 0.05) is 21.9 Å². The predicted octanol–water partition coefficient (Wildman–Crippen LogP) is 7.51. The highest BCUT2D eigenvalue weighted by Crippen LogP contribution is 2.49. The molecule has 0 bridgehead atoms. The van der Waals surface area contributed by atoms with Crippen LogP contribution in [0.25, 0.3) is 41.1 Å². The van der Waals surface area contributed by atoms with E-state index in [-0.39, 0.29) is 0 Å². The van der Waals surface area contributed by atoms with Gasteiger partial charge in [-0.1, -0.05) is 60.7 Å². The topological polar surface area (TPSA) is 0 Å². The zero-order valence-corrected chi connectivity index (χ0v) is 14.6. The van der Waals surface area contributed by atoms with Crippen LogP contribution in [0, 0.1) is 0 Å². The first kappa shape index (κ1) is 13.5. The minimum Gasteiger partial charge on any atom is -0.141 e. The molecule has 0 nitrogen and oxygen atoms in total. The molecular formula is C20H12S3. The Morgan fingerprint density at radius 1 is 0.478 bits per heavy atom. The third-order valence-electron chi connectivity index (χ3n) is 4.07. The monoisotopic (exact) mass is 348 g/mol. The Morgan fingerprint density at radius 3 is 1.35 bits per heavy atom. The van der Waals surface area contributed by atoms with Crippen LogP contribution in [0.1, 0.15) is 0 Å². The molecule has 5 rings (SSSR count). The summed E-state index contributed by atoms with van der Waals surface area (Å²) in [6.45, 7) is 0. The third kappa shape index (κ3) is 2.08. The van der Waals surface area contributed by atoms with E-state index in [1.54, 1.807) is 0 Å². The summed E-state index contributed by atoms with van der Waals surface area (Å²) in [6, 6.07) is 21.4. The number of rotatable bonds is 2. The Labute approximate surface area is 146 Å². The zero-order chi connectivity index (χ0) is 15.2. The molecule has 5 aromatic rings. The van der Waals surface area contributed by atoms with Crippen LogP contribution in [-0.4, -0.2) is 0 Å². The van der Waals surface area contributed by atoms with Crippen molar-refractivity contribution in [3.05, 3.63) is 71.4 Å². The molecule has 0 amide bonds. The molecular weight excluding hydrogens is 336 g/mol. The van der Waals surface area contributed by atoms with Crippen LogP contribution >= 0.6 is 34.0 Å². The van der Waals surface area contributed by atoms with Crippen LogP contribution in [0.5, 0.6) is 0 Å². The molecule has 0 N–H and O–H groups in total. The van der Waals surface area contributed by atoms with Gasteiger partial charge < -0.3 is 0 Å². The number of thiophene rings is 3. The molecule has 0 aliphatic rings. The van der Waals surface area contributed by atoms with Crippen molar-refractivity contribution < 1.29 is 0 Å². The van der Waals surface area contributed by atoms with E-state index in [0.717, 1.165) is 0 Å². The van der Waals surface area contributed by atoms with Gasteiger partial charge in [0.15, 0.2) is 0 Å². The normalized spacial score (nSPS) is 11.5. The minimum atomic E-state index is 1.31. The lowest BCUT2D eigenvalue weighted by atomic mass is 10.1. The van der Waals surface area contributed by atoms with Crippen molar-refractivity contribution >= 4 is 52.8 Å². The van der Waals surface area contributed by atoms with Gasteiger partial charge in [-0.05, 0) is 11.1 Å². The summed E-state index contributed by atoms with van der Waals surface area (Å²) in [5.41, 5.74) is 5.37. The molecule has 3 heteroatoms. The van der Waals surface area contributed by atoms with E-state index >= 15 is 0 Å². The van der Waals surface area contributed by atoms with Crippen LogP contribution < -0.4 is 0 Å². The largest absolute Gasteiger partial charge is 0.141 e. The summed E-state index contributed by atoms with van der Waals surface area (Å²) in [7, 11) is 0. The van der Waals surface area contributed by atoms with Gasteiger partial charge in [-0.25, -0.2) is 0 Å². The van der Waals surface area contributed by atoms with Gasteiger partial charge in [0.25, 0.3) is 0 Å². The van der Waals surface area contributed by atoms with Gasteiger partial charge in [0.05, 0.1) is 18.8 Å². The Hall–Kier alpha value is -1.94. The number of fused-ring (bicyclic) bond motifs is 3. The van der Waals surface area contributed by atoms with Crippen molar-refractivity contribution in [3.63, 3.8) is 0 Å². The number of hydrogen-bond acceptors (Lipinski definition) is 3. The van der Waals surface area contributed by atoms with Gasteiger partial charge in [-0.15, -0.1) is 34.0 Å². The molecule has 3 heterocycles. The molecule has 3 aromatic heterocycles. The van der Waals surface area contributed by atoms with Crippen molar-refractivity contribution in [3.8, 4) is 22.3 Å². The number of hydrogen-bond donors (Lipinski definition) is 0. The average Bonchev–Trinajstić information content (AvgIpc) is 3.27. The fraction of sp³-hybridized carbons (Fsp3) is 0. The lowest BCUT2D eigenvalue weighted by Gasteiger charge is -1.98. The summed E-state index contributed by atoms with van der Waals surface area (Å²) in [5, 5.41) is 4.61. The van der Waals surface area contributed by atoms with Crippen LogP contribution in [0.3, 0.4) is 0 Å². The van der Waals surface area contributed by atoms with Crippen LogP contribution in [0.4, 0.5) is 0 Å². The summed E-state index contributed by atoms with van der Waals surface area (Å²) in [4.78, 5) is 0. The predicted molar refractivity (Wildman–Crippen MR) is 106 cm³/mol. The van der Waals surface area contributed by atoms with E-state index in [2.05, 4.69) is 71.4 Å². The molecule has 0 aliphatic carbocycles. The maximum atomic E-state index is 2.30. The Balaban J connectivity index is 1.78. The van der Waals surface area contributed by atoms with Crippen molar-refractivity contribution in [2.24, 2.45) is 0 Å². The van der Waals surface area contributed by atoms with Crippen LogP contribution in [-0.2, 0) is 0 Å². The second kappa shape index (κ2) is 5.31. The highest BCUT2D eigenvalue weighted by molar-refractivity contribution is 7.38. The van der Waals surface area contributed by atoms with Crippen molar-refractivity contribution in [1.29, 1.82) is 0 Å². The molecule has 23 heavy (non-hydrogen) atoms. The summed E-state index contributed by atoms with van der Waals surface area (Å²) in [6.07, 6.45) is 0. The molecule has 0 atom stereocenters. The van der Waals surface area contributed by atoms with Gasteiger partial charge in [0.2, 0.25) is 0 Å².